The molecule has 0 bridgehead atoms. The maximum atomic E-state index is 11.8. The van der Waals surface area contributed by atoms with E-state index in [1.165, 1.54) is 6.33 Å². The fraction of sp³-hybridized carbons (Fsp3) is 0.0833. The summed E-state index contributed by atoms with van der Waals surface area (Å²) in [6.45, 7) is 0.467. The highest BCUT2D eigenvalue weighted by Gasteiger charge is 2.05. The number of amides is 1. The smallest absolute Gasteiger partial charge is 0.255 e. The second kappa shape index (κ2) is 5.18. The standard InChI is InChI=1S/C12H12N4O/c13-5-9-1-3-10(4-2-9)12(17)16-11-6-14-8-15-7-11/h1-4,6-8H,5,13H2,(H,16,17). The van der Waals surface area contributed by atoms with Crippen molar-refractivity contribution >= 4 is 11.6 Å². The highest BCUT2D eigenvalue weighted by atomic mass is 16.1. The molecule has 2 aromatic rings. The van der Waals surface area contributed by atoms with E-state index in [1.807, 2.05) is 12.1 Å². The Hall–Kier alpha value is -2.27. The number of hydrogen-bond donors (Lipinski definition) is 2. The lowest BCUT2D eigenvalue weighted by molar-refractivity contribution is 0.102. The number of anilines is 1. The Morgan fingerprint density at radius 1 is 1.18 bits per heavy atom. The molecule has 0 saturated heterocycles. The molecule has 0 aliphatic rings. The number of carbonyl (C=O) groups excluding carboxylic acids is 1. The van der Waals surface area contributed by atoms with Crippen LogP contribution in [-0.4, -0.2) is 15.9 Å². The van der Waals surface area contributed by atoms with Gasteiger partial charge >= 0.3 is 0 Å². The predicted molar refractivity (Wildman–Crippen MR) is 64.3 cm³/mol. The van der Waals surface area contributed by atoms with Crippen LogP contribution in [0.5, 0.6) is 0 Å². The fourth-order valence-corrected chi connectivity index (χ4v) is 1.36. The van der Waals surface area contributed by atoms with Crippen molar-refractivity contribution in [3.8, 4) is 0 Å². The van der Waals surface area contributed by atoms with Crippen LogP contribution in [0.15, 0.2) is 43.0 Å². The van der Waals surface area contributed by atoms with Crippen molar-refractivity contribution in [2.75, 3.05) is 5.32 Å². The number of rotatable bonds is 3. The predicted octanol–water partition coefficient (Wildman–Crippen LogP) is 1.19. The Labute approximate surface area is 98.7 Å². The van der Waals surface area contributed by atoms with Crippen molar-refractivity contribution in [2.24, 2.45) is 5.73 Å². The molecular weight excluding hydrogens is 216 g/mol. The first kappa shape index (κ1) is 11.2. The quantitative estimate of drug-likeness (QED) is 0.826. The number of hydrogen-bond acceptors (Lipinski definition) is 4. The van der Waals surface area contributed by atoms with E-state index >= 15 is 0 Å². The molecule has 86 valence electrons. The number of nitrogens with zero attached hydrogens (tertiary/aromatic N) is 2. The molecule has 0 atom stereocenters. The molecular formula is C12H12N4O. The molecule has 1 aromatic carbocycles. The lowest BCUT2D eigenvalue weighted by atomic mass is 10.1. The molecule has 0 radical (unpaired) electrons. The average molecular weight is 228 g/mol. The van der Waals surface area contributed by atoms with Gasteiger partial charge in [0.05, 0.1) is 18.1 Å². The van der Waals surface area contributed by atoms with Crippen LogP contribution in [0.25, 0.3) is 0 Å². The second-order valence-electron chi connectivity index (χ2n) is 3.48. The van der Waals surface area contributed by atoms with Gasteiger partial charge in [0, 0.05) is 12.1 Å². The van der Waals surface area contributed by atoms with Gasteiger partial charge in [-0.05, 0) is 17.7 Å². The Morgan fingerprint density at radius 2 is 1.82 bits per heavy atom. The molecule has 1 amide bonds. The molecule has 5 nitrogen and oxygen atoms in total. The van der Waals surface area contributed by atoms with Gasteiger partial charge < -0.3 is 11.1 Å². The van der Waals surface area contributed by atoms with Crippen LogP contribution in [0.4, 0.5) is 5.69 Å². The van der Waals surface area contributed by atoms with Gasteiger partial charge in [-0.2, -0.15) is 0 Å². The van der Waals surface area contributed by atoms with Crippen LogP contribution < -0.4 is 11.1 Å². The monoisotopic (exact) mass is 228 g/mol. The highest BCUT2D eigenvalue weighted by Crippen LogP contribution is 2.07. The SMILES string of the molecule is NCc1ccc(C(=O)Nc2cncnc2)cc1. The second-order valence-corrected chi connectivity index (χ2v) is 3.48. The van der Waals surface area contributed by atoms with Gasteiger partial charge in [-0.15, -0.1) is 0 Å². The summed E-state index contributed by atoms with van der Waals surface area (Å²) in [6.07, 6.45) is 4.49. The lowest BCUT2D eigenvalue weighted by Gasteiger charge is -2.04. The van der Waals surface area contributed by atoms with Crippen LogP contribution in [-0.2, 0) is 6.54 Å². The van der Waals surface area contributed by atoms with Gasteiger partial charge in [0.15, 0.2) is 0 Å². The summed E-state index contributed by atoms with van der Waals surface area (Å²) in [5, 5.41) is 2.70. The van der Waals surface area contributed by atoms with Crippen molar-refractivity contribution in [1.82, 2.24) is 9.97 Å². The third-order valence-electron chi connectivity index (χ3n) is 2.27. The van der Waals surface area contributed by atoms with E-state index < -0.39 is 0 Å². The number of nitrogens with one attached hydrogen (secondary N) is 1. The molecule has 5 heteroatoms. The summed E-state index contributed by atoms with van der Waals surface area (Å²) < 4.78 is 0. The summed E-state index contributed by atoms with van der Waals surface area (Å²) >= 11 is 0. The first-order valence-corrected chi connectivity index (χ1v) is 5.15. The molecule has 0 spiro atoms. The van der Waals surface area contributed by atoms with Gasteiger partial charge in [0.25, 0.3) is 5.91 Å². The number of nitrogens with two attached hydrogens (primary N) is 1. The molecule has 2 rings (SSSR count). The maximum absolute atomic E-state index is 11.8. The van der Waals surface area contributed by atoms with Crippen molar-refractivity contribution in [3.05, 3.63) is 54.1 Å². The summed E-state index contributed by atoms with van der Waals surface area (Å²) in [7, 11) is 0. The molecule has 0 unspecified atom stereocenters. The van der Waals surface area contributed by atoms with E-state index in [0.29, 0.717) is 17.8 Å². The summed E-state index contributed by atoms with van der Waals surface area (Å²) in [5.74, 6) is -0.191. The summed E-state index contributed by atoms with van der Waals surface area (Å²) in [4.78, 5) is 19.4. The molecule has 0 aliphatic carbocycles. The zero-order valence-electron chi connectivity index (χ0n) is 9.13. The third kappa shape index (κ3) is 2.85. The van der Waals surface area contributed by atoms with Crippen LogP contribution >= 0.6 is 0 Å². The van der Waals surface area contributed by atoms with E-state index in [4.69, 9.17) is 5.73 Å². The van der Waals surface area contributed by atoms with E-state index in [1.54, 1.807) is 24.5 Å². The van der Waals surface area contributed by atoms with Crippen molar-refractivity contribution < 1.29 is 4.79 Å². The molecule has 1 heterocycles. The minimum absolute atomic E-state index is 0.191. The summed E-state index contributed by atoms with van der Waals surface area (Å²) in [6, 6.07) is 7.13. The average Bonchev–Trinajstić information content (AvgIpc) is 2.40. The maximum Gasteiger partial charge on any atom is 0.255 e. The fourth-order valence-electron chi connectivity index (χ4n) is 1.36. The van der Waals surface area contributed by atoms with Gasteiger partial charge in [-0.3, -0.25) is 4.79 Å². The Kier molecular flexibility index (Phi) is 3.42. The van der Waals surface area contributed by atoms with Crippen molar-refractivity contribution in [3.63, 3.8) is 0 Å². The largest absolute Gasteiger partial charge is 0.326 e. The van der Waals surface area contributed by atoms with Crippen molar-refractivity contribution in [1.29, 1.82) is 0 Å². The highest BCUT2D eigenvalue weighted by molar-refractivity contribution is 6.04. The van der Waals surface area contributed by atoms with Gasteiger partial charge in [-0.25, -0.2) is 9.97 Å². The number of carbonyl (C=O) groups is 1. The minimum Gasteiger partial charge on any atom is -0.326 e. The zero-order valence-corrected chi connectivity index (χ0v) is 9.13. The molecule has 1 aromatic heterocycles. The summed E-state index contributed by atoms with van der Waals surface area (Å²) in [5.41, 5.74) is 7.62. The molecule has 0 aliphatic heterocycles. The zero-order chi connectivity index (χ0) is 12.1. The Bertz CT molecular complexity index is 496. The normalized spacial score (nSPS) is 9.94. The molecule has 0 saturated carbocycles. The topological polar surface area (TPSA) is 80.9 Å². The van der Waals surface area contributed by atoms with Crippen LogP contribution in [0, 0.1) is 0 Å². The molecule has 0 fully saturated rings. The van der Waals surface area contributed by atoms with Crippen LogP contribution in [0.1, 0.15) is 15.9 Å². The van der Waals surface area contributed by atoms with Crippen LogP contribution in [0.2, 0.25) is 0 Å². The van der Waals surface area contributed by atoms with E-state index in [-0.39, 0.29) is 5.91 Å². The van der Waals surface area contributed by atoms with Crippen molar-refractivity contribution in [2.45, 2.75) is 6.54 Å². The van der Waals surface area contributed by atoms with Gasteiger partial charge in [0.2, 0.25) is 0 Å². The van der Waals surface area contributed by atoms with Gasteiger partial charge in [-0.1, -0.05) is 12.1 Å². The molecule has 17 heavy (non-hydrogen) atoms. The number of benzene rings is 1. The van der Waals surface area contributed by atoms with E-state index in [0.717, 1.165) is 5.56 Å². The van der Waals surface area contributed by atoms with E-state index in [9.17, 15) is 4.79 Å². The van der Waals surface area contributed by atoms with Crippen LogP contribution in [0.3, 0.4) is 0 Å². The number of aromatic nitrogens is 2. The Balaban J connectivity index is 2.09. The first-order chi connectivity index (χ1) is 8.29. The van der Waals surface area contributed by atoms with Gasteiger partial charge in [0.1, 0.15) is 6.33 Å². The lowest BCUT2D eigenvalue weighted by Crippen LogP contribution is -2.12. The third-order valence-corrected chi connectivity index (χ3v) is 2.27. The van der Waals surface area contributed by atoms with E-state index in [2.05, 4.69) is 15.3 Å². The minimum atomic E-state index is -0.191. The molecule has 3 N–H and O–H groups in total. The first-order valence-electron chi connectivity index (χ1n) is 5.15. The Morgan fingerprint density at radius 3 is 2.41 bits per heavy atom.